The Hall–Kier alpha value is -2.11. The third kappa shape index (κ3) is 4.96. The summed E-state index contributed by atoms with van der Waals surface area (Å²) >= 11 is 6.01. The minimum atomic E-state index is -0.250. The van der Waals surface area contributed by atoms with Crippen molar-refractivity contribution < 1.29 is 9.53 Å². The number of carbonyl (C=O) groups excluding carboxylic acids is 1. The van der Waals surface area contributed by atoms with E-state index >= 15 is 0 Å². The van der Waals surface area contributed by atoms with Crippen molar-refractivity contribution in [2.24, 2.45) is 5.92 Å². The zero-order chi connectivity index (χ0) is 18.4. The molecule has 1 atom stereocenters. The molecule has 138 valence electrons. The van der Waals surface area contributed by atoms with Gasteiger partial charge in [-0.2, -0.15) is 0 Å². The Morgan fingerprint density at radius 3 is 2.46 bits per heavy atom. The van der Waals surface area contributed by atoms with Crippen LogP contribution in [0.2, 0.25) is 5.02 Å². The molecule has 0 radical (unpaired) electrons. The molecule has 1 N–H and O–H groups in total. The van der Waals surface area contributed by atoms with Gasteiger partial charge in [0.15, 0.2) is 0 Å². The maximum atomic E-state index is 12.8. The first kappa shape index (κ1) is 18.7. The number of aromatic nitrogens is 1. The molecule has 0 bridgehead atoms. The van der Waals surface area contributed by atoms with E-state index in [0.29, 0.717) is 10.9 Å². The molecule has 2 aromatic rings. The number of nitrogens with one attached hydrogen (secondary N) is 1. The summed E-state index contributed by atoms with van der Waals surface area (Å²) in [6.45, 7) is 2.30. The summed E-state index contributed by atoms with van der Waals surface area (Å²) in [4.78, 5) is 18.6. The van der Waals surface area contributed by atoms with Crippen molar-refractivity contribution in [2.45, 2.75) is 18.9 Å². The van der Waals surface area contributed by atoms with Gasteiger partial charge in [0.05, 0.1) is 6.04 Å². The molecule has 1 aliphatic rings. The van der Waals surface area contributed by atoms with Crippen LogP contribution in [0.3, 0.4) is 0 Å². The smallest absolute Gasteiger partial charge is 0.317 e. The van der Waals surface area contributed by atoms with Gasteiger partial charge in [-0.1, -0.05) is 23.7 Å². The van der Waals surface area contributed by atoms with E-state index in [2.05, 4.69) is 10.3 Å². The maximum absolute atomic E-state index is 12.8. The van der Waals surface area contributed by atoms with E-state index in [1.165, 1.54) is 0 Å². The normalized spacial score (nSPS) is 16.1. The molecule has 0 saturated carbocycles. The largest absolute Gasteiger partial charge is 0.381 e. The van der Waals surface area contributed by atoms with E-state index in [4.69, 9.17) is 16.3 Å². The van der Waals surface area contributed by atoms with Crippen LogP contribution in [0, 0.1) is 5.92 Å². The highest BCUT2D eigenvalue weighted by atomic mass is 35.5. The highest BCUT2D eigenvalue weighted by Gasteiger charge is 2.22. The molecule has 1 fully saturated rings. The van der Waals surface area contributed by atoms with Gasteiger partial charge in [0.25, 0.3) is 0 Å². The summed E-state index contributed by atoms with van der Waals surface area (Å²) in [7, 11) is 1.84. The lowest BCUT2D eigenvalue weighted by atomic mass is 9.99. The van der Waals surface area contributed by atoms with Crippen LogP contribution < -0.4 is 5.32 Å². The Bertz CT molecular complexity index is 703. The Kier molecular flexibility index (Phi) is 6.47. The molecule has 0 unspecified atom stereocenters. The van der Waals surface area contributed by atoms with Crippen LogP contribution in [-0.2, 0) is 4.74 Å². The number of carbonyl (C=O) groups is 1. The lowest BCUT2D eigenvalue weighted by Gasteiger charge is -2.29. The minimum Gasteiger partial charge on any atom is -0.381 e. The third-order valence-electron chi connectivity index (χ3n) is 4.73. The van der Waals surface area contributed by atoms with Crippen LogP contribution in [0.15, 0.2) is 48.8 Å². The first-order valence-electron chi connectivity index (χ1n) is 8.88. The summed E-state index contributed by atoms with van der Waals surface area (Å²) in [6, 6.07) is 11.0. The third-order valence-corrected chi connectivity index (χ3v) is 4.98. The number of ether oxygens (including phenoxy) is 1. The standard InChI is InChI=1S/C20H24ClN3O2/c1-24(14-15-8-12-26-13-9-15)20(25)23-19(17-6-10-22-11-7-17)16-2-4-18(21)5-3-16/h2-7,10-11,15,19H,8-9,12-14H2,1H3,(H,23,25)/t19-/m1/s1. The Balaban J connectivity index is 1.72. The second kappa shape index (κ2) is 9.01. The van der Waals surface area contributed by atoms with Crippen LogP contribution in [-0.4, -0.2) is 42.7 Å². The zero-order valence-electron chi connectivity index (χ0n) is 14.9. The quantitative estimate of drug-likeness (QED) is 0.864. The highest BCUT2D eigenvalue weighted by molar-refractivity contribution is 6.30. The number of hydrogen-bond acceptors (Lipinski definition) is 3. The van der Waals surface area contributed by atoms with Gasteiger partial charge in [-0.25, -0.2) is 4.79 Å². The van der Waals surface area contributed by atoms with Gasteiger partial charge < -0.3 is 15.0 Å². The summed E-state index contributed by atoms with van der Waals surface area (Å²) in [5, 5.41) is 3.81. The summed E-state index contributed by atoms with van der Waals surface area (Å²) < 4.78 is 5.40. The van der Waals surface area contributed by atoms with Gasteiger partial charge in [-0.05, 0) is 54.2 Å². The van der Waals surface area contributed by atoms with Crippen molar-refractivity contribution in [1.29, 1.82) is 0 Å². The van der Waals surface area contributed by atoms with E-state index in [1.807, 2.05) is 43.4 Å². The first-order valence-corrected chi connectivity index (χ1v) is 9.26. The Morgan fingerprint density at radius 1 is 1.19 bits per heavy atom. The second-order valence-corrected chi connectivity index (χ2v) is 7.09. The predicted octanol–water partition coefficient (Wildman–Crippen LogP) is 3.89. The van der Waals surface area contributed by atoms with Gasteiger partial charge in [-0.3, -0.25) is 4.98 Å². The number of rotatable bonds is 5. The Labute approximate surface area is 159 Å². The number of pyridine rings is 1. The van der Waals surface area contributed by atoms with E-state index in [-0.39, 0.29) is 12.1 Å². The molecule has 1 aliphatic heterocycles. The van der Waals surface area contributed by atoms with Crippen molar-refractivity contribution >= 4 is 17.6 Å². The number of halogens is 1. The van der Waals surface area contributed by atoms with Gasteiger partial charge in [0.2, 0.25) is 0 Å². The average Bonchev–Trinajstić information content (AvgIpc) is 2.68. The van der Waals surface area contributed by atoms with E-state index in [9.17, 15) is 4.79 Å². The lowest BCUT2D eigenvalue weighted by Crippen LogP contribution is -2.42. The van der Waals surface area contributed by atoms with Gasteiger partial charge in [-0.15, -0.1) is 0 Å². The van der Waals surface area contributed by atoms with Crippen molar-refractivity contribution in [3.8, 4) is 0 Å². The SMILES string of the molecule is CN(CC1CCOCC1)C(=O)N[C@@H](c1ccncc1)c1ccc(Cl)cc1. The maximum Gasteiger partial charge on any atom is 0.317 e. The molecule has 0 aliphatic carbocycles. The molecule has 0 spiro atoms. The highest BCUT2D eigenvalue weighted by Crippen LogP contribution is 2.24. The fraction of sp³-hybridized carbons (Fsp3) is 0.400. The molecule has 5 nitrogen and oxygen atoms in total. The molecular weight excluding hydrogens is 350 g/mol. The molecule has 1 saturated heterocycles. The molecule has 1 aromatic carbocycles. The molecular formula is C20H24ClN3O2. The molecule has 3 rings (SSSR count). The number of urea groups is 1. The van der Waals surface area contributed by atoms with Crippen molar-refractivity contribution in [2.75, 3.05) is 26.8 Å². The number of nitrogens with zero attached hydrogens (tertiary/aromatic N) is 2. The monoisotopic (exact) mass is 373 g/mol. The van der Waals surface area contributed by atoms with E-state index in [0.717, 1.165) is 43.7 Å². The summed E-state index contributed by atoms with van der Waals surface area (Å²) in [6.07, 6.45) is 5.47. The van der Waals surface area contributed by atoms with E-state index in [1.54, 1.807) is 17.3 Å². The molecule has 1 aromatic heterocycles. The first-order chi connectivity index (χ1) is 12.6. The molecule has 26 heavy (non-hydrogen) atoms. The zero-order valence-corrected chi connectivity index (χ0v) is 15.7. The second-order valence-electron chi connectivity index (χ2n) is 6.65. The van der Waals surface area contributed by atoms with Crippen LogP contribution in [0.5, 0.6) is 0 Å². The van der Waals surface area contributed by atoms with Crippen molar-refractivity contribution in [1.82, 2.24) is 15.2 Å². The van der Waals surface area contributed by atoms with Crippen molar-refractivity contribution in [3.63, 3.8) is 0 Å². The minimum absolute atomic E-state index is 0.0896. The van der Waals surface area contributed by atoms with Crippen LogP contribution in [0.1, 0.15) is 30.0 Å². The summed E-state index contributed by atoms with van der Waals surface area (Å²) in [5.41, 5.74) is 1.96. The number of hydrogen-bond donors (Lipinski definition) is 1. The van der Waals surface area contributed by atoms with Crippen molar-refractivity contribution in [3.05, 3.63) is 64.9 Å². The fourth-order valence-electron chi connectivity index (χ4n) is 3.20. The summed E-state index contributed by atoms with van der Waals surface area (Å²) in [5.74, 6) is 0.495. The number of benzene rings is 1. The van der Waals surface area contributed by atoms with Crippen LogP contribution >= 0.6 is 11.6 Å². The lowest BCUT2D eigenvalue weighted by molar-refractivity contribution is 0.0585. The molecule has 6 heteroatoms. The molecule has 2 heterocycles. The average molecular weight is 374 g/mol. The number of amides is 2. The van der Waals surface area contributed by atoms with Crippen LogP contribution in [0.4, 0.5) is 4.79 Å². The van der Waals surface area contributed by atoms with Gasteiger partial charge in [0.1, 0.15) is 0 Å². The van der Waals surface area contributed by atoms with E-state index < -0.39 is 0 Å². The van der Waals surface area contributed by atoms with Gasteiger partial charge in [0, 0.05) is 44.2 Å². The fourth-order valence-corrected chi connectivity index (χ4v) is 3.33. The predicted molar refractivity (Wildman–Crippen MR) is 102 cm³/mol. The molecule has 2 amide bonds. The van der Waals surface area contributed by atoms with Gasteiger partial charge >= 0.3 is 6.03 Å². The Morgan fingerprint density at radius 2 is 1.81 bits per heavy atom. The topological polar surface area (TPSA) is 54.5 Å². The van der Waals surface area contributed by atoms with Crippen LogP contribution in [0.25, 0.3) is 0 Å².